The van der Waals surface area contributed by atoms with Crippen LogP contribution in [0.1, 0.15) is 35.3 Å². The van der Waals surface area contributed by atoms with Crippen LogP contribution in [0, 0.1) is 0 Å². The highest BCUT2D eigenvalue weighted by atomic mass is 16.5. The van der Waals surface area contributed by atoms with E-state index in [0.29, 0.717) is 5.56 Å². The van der Waals surface area contributed by atoms with E-state index in [2.05, 4.69) is 10.4 Å². The van der Waals surface area contributed by atoms with Crippen molar-refractivity contribution in [2.24, 2.45) is 0 Å². The van der Waals surface area contributed by atoms with E-state index in [1.54, 1.807) is 0 Å². The number of hydrogen-bond acceptors (Lipinski definition) is 4. The predicted molar refractivity (Wildman–Crippen MR) is 70.5 cm³/mol. The smallest absolute Gasteiger partial charge is 0.326 e. The Kier molecular flexibility index (Phi) is 4.73. The monoisotopic (exact) mass is 281 g/mol. The van der Waals surface area contributed by atoms with Crippen LogP contribution in [0.3, 0.4) is 0 Å². The fourth-order valence-corrected chi connectivity index (χ4v) is 2.34. The van der Waals surface area contributed by atoms with E-state index >= 15 is 0 Å². The van der Waals surface area contributed by atoms with Crippen molar-refractivity contribution in [3.63, 3.8) is 0 Å². The Hall–Kier alpha value is -1.89. The Bertz CT molecular complexity index is 498. The number of nitrogens with one attached hydrogen (secondary N) is 1. The summed E-state index contributed by atoms with van der Waals surface area (Å²) in [5.74, 6) is -1.44. The molecule has 0 saturated carbocycles. The second-order valence-corrected chi connectivity index (χ2v) is 4.83. The highest BCUT2D eigenvalue weighted by Gasteiger charge is 2.24. The van der Waals surface area contributed by atoms with Gasteiger partial charge in [0.25, 0.3) is 5.91 Å². The number of carboxylic acids is 1. The van der Waals surface area contributed by atoms with Crippen LogP contribution in [0.5, 0.6) is 0 Å². The Morgan fingerprint density at radius 2 is 2.35 bits per heavy atom. The van der Waals surface area contributed by atoms with Crippen molar-refractivity contribution in [2.75, 3.05) is 13.7 Å². The summed E-state index contributed by atoms with van der Waals surface area (Å²) in [6, 6.07) is -0.943. The maximum absolute atomic E-state index is 12.2. The first-order valence-electron chi connectivity index (χ1n) is 6.70. The lowest BCUT2D eigenvalue weighted by Gasteiger charge is -2.16. The lowest BCUT2D eigenvalue weighted by Crippen LogP contribution is -2.41. The minimum Gasteiger partial charge on any atom is -0.480 e. The van der Waals surface area contributed by atoms with Gasteiger partial charge < -0.3 is 15.2 Å². The summed E-state index contributed by atoms with van der Waals surface area (Å²) in [7, 11) is 1.49. The first-order chi connectivity index (χ1) is 9.63. The van der Waals surface area contributed by atoms with Crippen LogP contribution in [0.2, 0.25) is 0 Å². The molecule has 1 amide bonds. The predicted octanol–water partition coefficient (Wildman–Crippen LogP) is 0.439. The molecule has 0 saturated heterocycles. The molecular formula is C13H19N3O4. The molecule has 1 unspecified atom stereocenters. The molecule has 1 atom stereocenters. The molecule has 1 aliphatic rings. The number of rotatable bonds is 6. The summed E-state index contributed by atoms with van der Waals surface area (Å²) in [5, 5.41) is 15.8. The molecule has 2 rings (SSSR count). The third-order valence-electron chi connectivity index (χ3n) is 3.44. The molecule has 1 aromatic heterocycles. The first kappa shape index (κ1) is 14.5. The molecule has 110 valence electrons. The third kappa shape index (κ3) is 3.16. The van der Waals surface area contributed by atoms with Gasteiger partial charge in [0.1, 0.15) is 6.04 Å². The van der Waals surface area contributed by atoms with Gasteiger partial charge in [-0.1, -0.05) is 0 Å². The molecule has 1 aromatic rings. The van der Waals surface area contributed by atoms with E-state index in [4.69, 9.17) is 9.84 Å². The van der Waals surface area contributed by atoms with E-state index in [1.165, 1.54) is 13.3 Å². The number of nitrogens with zero attached hydrogens (tertiary/aromatic N) is 2. The van der Waals surface area contributed by atoms with E-state index in [0.717, 1.165) is 31.5 Å². The number of ether oxygens (including phenoxy) is 1. The van der Waals surface area contributed by atoms with E-state index < -0.39 is 12.0 Å². The quantitative estimate of drug-likeness (QED) is 0.789. The molecule has 2 N–H and O–H groups in total. The third-order valence-corrected chi connectivity index (χ3v) is 3.44. The molecular weight excluding hydrogens is 262 g/mol. The normalized spacial score (nSPS) is 15.4. The van der Waals surface area contributed by atoms with E-state index in [-0.39, 0.29) is 18.9 Å². The van der Waals surface area contributed by atoms with Crippen molar-refractivity contribution in [1.82, 2.24) is 15.1 Å². The zero-order chi connectivity index (χ0) is 14.5. The largest absolute Gasteiger partial charge is 0.480 e. The van der Waals surface area contributed by atoms with Crippen molar-refractivity contribution in [1.29, 1.82) is 0 Å². The van der Waals surface area contributed by atoms with Gasteiger partial charge in [-0.15, -0.1) is 0 Å². The van der Waals surface area contributed by atoms with Crippen molar-refractivity contribution in [2.45, 2.75) is 38.3 Å². The summed E-state index contributed by atoms with van der Waals surface area (Å²) < 4.78 is 6.68. The average molecular weight is 281 g/mol. The van der Waals surface area contributed by atoms with Crippen LogP contribution in [0.4, 0.5) is 0 Å². The lowest BCUT2D eigenvalue weighted by atomic mass is 10.1. The van der Waals surface area contributed by atoms with Crippen LogP contribution in [0.15, 0.2) is 6.20 Å². The molecule has 7 heteroatoms. The number of carboxylic acid groups (broad SMARTS) is 1. The number of amides is 1. The zero-order valence-corrected chi connectivity index (χ0v) is 11.5. The van der Waals surface area contributed by atoms with Gasteiger partial charge in [-0.05, 0) is 19.3 Å². The molecule has 0 spiro atoms. The second-order valence-electron chi connectivity index (χ2n) is 4.83. The van der Waals surface area contributed by atoms with Gasteiger partial charge in [-0.3, -0.25) is 9.48 Å². The number of fused-ring (bicyclic) bond motifs is 1. The molecule has 7 nitrogen and oxygen atoms in total. The number of carbonyl (C=O) groups is 2. The van der Waals surface area contributed by atoms with Gasteiger partial charge in [0.15, 0.2) is 0 Å². The molecule has 0 radical (unpaired) electrons. The Balaban J connectivity index is 2.06. The fraction of sp³-hybridized carbons (Fsp3) is 0.615. The van der Waals surface area contributed by atoms with Crippen LogP contribution < -0.4 is 5.32 Å². The van der Waals surface area contributed by atoms with Crippen molar-refractivity contribution in [3.8, 4) is 0 Å². The highest BCUT2D eigenvalue weighted by Crippen LogP contribution is 2.18. The summed E-state index contributed by atoms with van der Waals surface area (Å²) in [4.78, 5) is 23.3. The Morgan fingerprint density at radius 3 is 3.05 bits per heavy atom. The molecule has 2 heterocycles. The summed E-state index contributed by atoms with van der Waals surface area (Å²) in [6.45, 7) is 1.10. The number of hydrogen-bond donors (Lipinski definition) is 2. The van der Waals surface area contributed by atoms with Crippen LogP contribution in [0.25, 0.3) is 0 Å². The topological polar surface area (TPSA) is 93.5 Å². The zero-order valence-electron chi connectivity index (χ0n) is 11.5. The van der Waals surface area contributed by atoms with Gasteiger partial charge in [-0.2, -0.15) is 5.10 Å². The minimum absolute atomic E-state index is 0.237. The standard InChI is InChI=1S/C13H19N3O4/c1-20-7-5-10(13(18)19)15-12(17)9-8-14-16-6-3-2-4-11(9)16/h8,10H,2-7H2,1H3,(H,15,17)(H,18,19). The van der Waals surface area contributed by atoms with Gasteiger partial charge in [0.2, 0.25) is 0 Å². The number of aromatic nitrogens is 2. The summed E-state index contributed by atoms with van der Waals surface area (Å²) in [5.41, 5.74) is 1.37. The number of aryl methyl sites for hydroxylation is 1. The number of aliphatic carboxylic acids is 1. The Morgan fingerprint density at radius 1 is 1.55 bits per heavy atom. The van der Waals surface area contributed by atoms with E-state index in [1.807, 2.05) is 4.68 Å². The highest BCUT2D eigenvalue weighted by molar-refractivity contribution is 5.97. The van der Waals surface area contributed by atoms with Gasteiger partial charge in [-0.25, -0.2) is 4.79 Å². The maximum Gasteiger partial charge on any atom is 0.326 e. The lowest BCUT2D eigenvalue weighted by molar-refractivity contribution is -0.139. The minimum atomic E-state index is -1.06. The van der Waals surface area contributed by atoms with Crippen molar-refractivity contribution < 1.29 is 19.4 Å². The van der Waals surface area contributed by atoms with Gasteiger partial charge >= 0.3 is 5.97 Å². The van der Waals surface area contributed by atoms with Crippen LogP contribution in [-0.4, -0.2) is 46.5 Å². The van der Waals surface area contributed by atoms with Gasteiger partial charge in [0, 0.05) is 26.7 Å². The van der Waals surface area contributed by atoms with Gasteiger partial charge in [0.05, 0.1) is 17.5 Å². The number of carbonyl (C=O) groups excluding carboxylic acids is 1. The fourth-order valence-electron chi connectivity index (χ4n) is 2.34. The molecule has 0 bridgehead atoms. The Labute approximate surface area is 116 Å². The molecule has 0 aromatic carbocycles. The van der Waals surface area contributed by atoms with Crippen LogP contribution >= 0.6 is 0 Å². The molecule has 20 heavy (non-hydrogen) atoms. The van der Waals surface area contributed by atoms with Crippen LogP contribution in [-0.2, 0) is 22.5 Å². The maximum atomic E-state index is 12.2. The van der Waals surface area contributed by atoms with E-state index in [9.17, 15) is 9.59 Å². The molecule has 0 aliphatic carbocycles. The van der Waals surface area contributed by atoms with Crippen molar-refractivity contribution >= 4 is 11.9 Å². The SMILES string of the molecule is COCCC(NC(=O)c1cnn2c1CCCC2)C(=O)O. The number of methoxy groups -OCH3 is 1. The summed E-state index contributed by atoms with van der Waals surface area (Å²) >= 11 is 0. The summed E-state index contributed by atoms with van der Waals surface area (Å²) in [6.07, 6.45) is 4.64. The van der Waals surface area contributed by atoms with Crippen molar-refractivity contribution in [3.05, 3.63) is 17.5 Å². The first-order valence-corrected chi connectivity index (χ1v) is 6.70. The second kappa shape index (κ2) is 6.51. The molecule has 1 aliphatic heterocycles. The average Bonchev–Trinajstić information content (AvgIpc) is 2.87. The molecule has 0 fully saturated rings.